The van der Waals surface area contributed by atoms with E-state index in [-0.39, 0.29) is 63.7 Å². The van der Waals surface area contributed by atoms with Crippen LogP contribution in [0, 0.1) is 11.3 Å². The predicted molar refractivity (Wildman–Crippen MR) is 160 cm³/mol. The van der Waals surface area contributed by atoms with Crippen molar-refractivity contribution in [2.75, 3.05) is 45.9 Å². The third-order valence-electron chi connectivity index (χ3n) is 9.91. The SMILES string of the molecule is O=C(O)N1CCN(C(=O)c2cn(CC3(O)CCN(C(=O)C(CO)CC(F)(F)F)CC34CCCC4)c(=O)cc2-c2ccccc2)CC1. The fourth-order valence-electron chi connectivity index (χ4n) is 7.33. The first-order valence-electron chi connectivity index (χ1n) is 15.5. The topological polar surface area (TPSA) is 144 Å². The van der Waals surface area contributed by atoms with Gasteiger partial charge >= 0.3 is 12.3 Å². The summed E-state index contributed by atoms with van der Waals surface area (Å²) in [6.07, 6.45) is -3.28. The second kappa shape index (κ2) is 13.1. The van der Waals surface area contributed by atoms with Crippen LogP contribution in [-0.2, 0) is 11.3 Å². The van der Waals surface area contributed by atoms with Crippen LogP contribution in [0.15, 0.2) is 47.4 Å². The highest BCUT2D eigenvalue weighted by atomic mass is 19.4. The lowest BCUT2D eigenvalue weighted by Gasteiger charge is -2.53. The molecule has 5 rings (SSSR count). The Morgan fingerprint density at radius 1 is 0.913 bits per heavy atom. The number of aromatic nitrogens is 1. The summed E-state index contributed by atoms with van der Waals surface area (Å²) >= 11 is 0. The van der Waals surface area contributed by atoms with Crippen LogP contribution in [0.4, 0.5) is 18.0 Å². The Bertz CT molecular complexity index is 1500. The molecule has 1 aliphatic carbocycles. The van der Waals surface area contributed by atoms with Crippen molar-refractivity contribution < 1.29 is 42.9 Å². The Morgan fingerprint density at radius 2 is 1.54 bits per heavy atom. The number of pyridine rings is 1. The fraction of sp³-hybridized carbons (Fsp3) is 0.562. The highest BCUT2D eigenvalue weighted by Crippen LogP contribution is 2.52. The van der Waals surface area contributed by atoms with Crippen molar-refractivity contribution in [3.05, 3.63) is 58.5 Å². The molecule has 250 valence electrons. The number of amides is 3. The largest absolute Gasteiger partial charge is 0.465 e. The van der Waals surface area contributed by atoms with Crippen molar-refractivity contribution in [3.63, 3.8) is 0 Å². The highest BCUT2D eigenvalue weighted by Gasteiger charge is 2.56. The van der Waals surface area contributed by atoms with Crippen LogP contribution < -0.4 is 5.56 Å². The van der Waals surface area contributed by atoms with E-state index in [0.717, 1.165) is 12.8 Å². The van der Waals surface area contributed by atoms with Gasteiger partial charge in [0.25, 0.3) is 11.5 Å². The average molecular weight is 649 g/mol. The van der Waals surface area contributed by atoms with Gasteiger partial charge in [-0.2, -0.15) is 13.2 Å². The normalized spacial score (nSPS) is 22.2. The summed E-state index contributed by atoms with van der Waals surface area (Å²) in [5, 5.41) is 31.2. The molecular weight excluding hydrogens is 609 g/mol. The Labute approximate surface area is 263 Å². The van der Waals surface area contributed by atoms with Crippen molar-refractivity contribution in [1.29, 1.82) is 0 Å². The predicted octanol–water partition coefficient (Wildman–Crippen LogP) is 3.04. The summed E-state index contributed by atoms with van der Waals surface area (Å²) in [6, 6.07) is 10.2. The van der Waals surface area contributed by atoms with E-state index >= 15 is 0 Å². The molecule has 0 radical (unpaired) electrons. The molecule has 3 heterocycles. The smallest absolute Gasteiger partial charge is 0.407 e. The molecule has 2 unspecified atom stereocenters. The van der Waals surface area contributed by atoms with Crippen LogP contribution in [0.1, 0.15) is 48.9 Å². The second-order valence-electron chi connectivity index (χ2n) is 12.7. The lowest BCUT2D eigenvalue weighted by molar-refractivity contribution is -0.175. The molecule has 3 amide bonds. The summed E-state index contributed by atoms with van der Waals surface area (Å²) in [6.45, 7) is -0.594. The van der Waals surface area contributed by atoms with Gasteiger partial charge in [0.05, 0.1) is 36.7 Å². The number of carboxylic acid groups (broad SMARTS) is 1. The molecule has 2 atom stereocenters. The maximum atomic E-state index is 13.9. The van der Waals surface area contributed by atoms with Crippen molar-refractivity contribution in [3.8, 4) is 11.1 Å². The molecule has 3 fully saturated rings. The van der Waals surface area contributed by atoms with Gasteiger partial charge in [0, 0.05) is 62.5 Å². The maximum absolute atomic E-state index is 13.9. The molecule has 1 saturated carbocycles. The summed E-state index contributed by atoms with van der Waals surface area (Å²) < 4.78 is 40.6. The molecule has 14 heteroatoms. The Hall–Kier alpha value is -3.91. The van der Waals surface area contributed by atoms with Gasteiger partial charge in [0.15, 0.2) is 0 Å². The number of benzene rings is 1. The number of piperidine rings is 1. The van der Waals surface area contributed by atoms with E-state index in [2.05, 4.69) is 0 Å². The van der Waals surface area contributed by atoms with Gasteiger partial charge in [-0.1, -0.05) is 43.2 Å². The first-order chi connectivity index (χ1) is 21.8. The minimum Gasteiger partial charge on any atom is -0.465 e. The van der Waals surface area contributed by atoms with Crippen LogP contribution in [0.5, 0.6) is 0 Å². The number of likely N-dealkylation sites (tertiary alicyclic amines) is 1. The van der Waals surface area contributed by atoms with Crippen LogP contribution >= 0.6 is 0 Å². The van der Waals surface area contributed by atoms with Crippen LogP contribution in [0.3, 0.4) is 0 Å². The number of aliphatic hydroxyl groups is 2. The average Bonchev–Trinajstić information content (AvgIpc) is 3.51. The fourth-order valence-corrected chi connectivity index (χ4v) is 7.33. The molecule has 2 saturated heterocycles. The molecule has 46 heavy (non-hydrogen) atoms. The number of alkyl halides is 3. The van der Waals surface area contributed by atoms with E-state index in [1.165, 1.54) is 31.5 Å². The zero-order chi connectivity index (χ0) is 33.3. The molecule has 1 spiro atoms. The third-order valence-corrected chi connectivity index (χ3v) is 9.91. The highest BCUT2D eigenvalue weighted by molar-refractivity contribution is 6.00. The maximum Gasteiger partial charge on any atom is 0.407 e. The lowest BCUT2D eigenvalue weighted by Crippen LogP contribution is -2.62. The Morgan fingerprint density at radius 3 is 2.13 bits per heavy atom. The van der Waals surface area contributed by atoms with Gasteiger partial charge in [0.1, 0.15) is 0 Å². The number of carbonyl (C=O) groups is 3. The van der Waals surface area contributed by atoms with Gasteiger partial charge < -0.3 is 34.6 Å². The van der Waals surface area contributed by atoms with Crippen molar-refractivity contribution >= 4 is 17.9 Å². The van der Waals surface area contributed by atoms with Crippen LogP contribution in [0.2, 0.25) is 0 Å². The monoisotopic (exact) mass is 648 g/mol. The number of rotatable bonds is 7. The first kappa shape index (κ1) is 33.5. The molecule has 0 bridgehead atoms. The summed E-state index contributed by atoms with van der Waals surface area (Å²) in [7, 11) is 0. The molecule has 3 N–H and O–H groups in total. The van der Waals surface area contributed by atoms with Gasteiger partial charge in [-0.15, -0.1) is 0 Å². The third kappa shape index (κ3) is 6.77. The molecule has 11 nitrogen and oxygen atoms in total. The number of aliphatic hydroxyl groups excluding tert-OH is 1. The minimum absolute atomic E-state index is 0.00376. The number of carbonyl (C=O) groups excluding carboxylic acids is 2. The van der Waals surface area contributed by atoms with Crippen LogP contribution in [0.25, 0.3) is 11.1 Å². The van der Waals surface area contributed by atoms with Crippen molar-refractivity contribution in [1.82, 2.24) is 19.3 Å². The van der Waals surface area contributed by atoms with E-state index in [9.17, 15) is 47.7 Å². The molecular formula is C32H39F3N4O7. The van der Waals surface area contributed by atoms with E-state index in [1.807, 2.05) is 0 Å². The molecule has 1 aromatic heterocycles. The lowest BCUT2D eigenvalue weighted by atomic mass is 9.65. The molecule has 2 aliphatic heterocycles. The number of nitrogens with zero attached hydrogens (tertiary/aromatic N) is 4. The Kier molecular flexibility index (Phi) is 9.50. The standard InChI is InChI=1S/C32H39F3N4O7/c33-32(34,35)17-23(19-40)27(42)38-11-10-31(46,30(20-38)8-4-5-9-30)21-39-18-25(24(16-26(39)41)22-6-2-1-3-7-22)28(43)36-12-14-37(15-13-36)29(44)45/h1-3,6-7,16,18,23,40,46H,4-5,8-15,17,19-21H2,(H,44,45). The van der Waals surface area contributed by atoms with E-state index in [4.69, 9.17) is 0 Å². The minimum atomic E-state index is -4.63. The summed E-state index contributed by atoms with van der Waals surface area (Å²) in [5.41, 5.74) is -1.62. The number of hydrogen-bond donors (Lipinski definition) is 3. The first-order valence-corrected chi connectivity index (χ1v) is 15.5. The summed E-state index contributed by atoms with van der Waals surface area (Å²) in [4.78, 5) is 56.1. The van der Waals surface area contributed by atoms with E-state index in [1.54, 1.807) is 30.3 Å². The summed E-state index contributed by atoms with van der Waals surface area (Å²) in [5.74, 6) is -2.84. The zero-order valence-electron chi connectivity index (χ0n) is 25.4. The zero-order valence-corrected chi connectivity index (χ0v) is 25.4. The van der Waals surface area contributed by atoms with Gasteiger partial charge in [-0.25, -0.2) is 4.79 Å². The van der Waals surface area contributed by atoms with Crippen molar-refractivity contribution in [2.45, 2.75) is 56.8 Å². The van der Waals surface area contributed by atoms with E-state index < -0.39 is 53.7 Å². The molecule has 1 aromatic carbocycles. The van der Waals surface area contributed by atoms with E-state index in [0.29, 0.717) is 24.0 Å². The van der Waals surface area contributed by atoms with Gasteiger partial charge in [-0.3, -0.25) is 14.4 Å². The van der Waals surface area contributed by atoms with Gasteiger partial charge in [0.2, 0.25) is 5.91 Å². The molecule has 3 aliphatic rings. The second-order valence-corrected chi connectivity index (χ2v) is 12.7. The quantitative estimate of drug-likeness (QED) is 0.419. The number of piperazine rings is 1. The van der Waals surface area contributed by atoms with Crippen molar-refractivity contribution in [2.24, 2.45) is 11.3 Å². The number of hydrogen-bond acceptors (Lipinski definition) is 6. The van der Waals surface area contributed by atoms with Gasteiger partial charge in [-0.05, 0) is 24.8 Å². The number of halogens is 3. The Balaban J connectivity index is 1.45. The van der Waals surface area contributed by atoms with Crippen LogP contribution in [-0.4, -0.2) is 110 Å². The molecule has 2 aromatic rings.